The lowest BCUT2D eigenvalue weighted by molar-refractivity contribution is 0.0690. The molecule has 0 aliphatic heterocycles. The van der Waals surface area contributed by atoms with Crippen LogP contribution in [0.15, 0.2) is 42.7 Å². The number of rotatable bonds is 4. The summed E-state index contributed by atoms with van der Waals surface area (Å²) >= 11 is 0. The van der Waals surface area contributed by atoms with E-state index in [0.717, 1.165) is 5.56 Å². The van der Waals surface area contributed by atoms with Gasteiger partial charge in [-0.15, -0.1) is 0 Å². The number of hydrogen-bond donors (Lipinski definition) is 1. The van der Waals surface area contributed by atoms with Crippen LogP contribution in [0.2, 0.25) is 0 Å². The molecule has 1 N–H and O–H groups in total. The number of carbonyl (C=O) groups excluding carboxylic acids is 1. The highest BCUT2D eigenvalue weighted by molar-refractivity contribution is 5.93. The number of carbonyl (C=O) groups is 1. The van der Waals surface area contributed by atoms with Crippen LogP contribution in [0.5, 0.6) is 0 Å². The molecule has 0 radical (unpaired) electrons. The predicted molar refractivity (Wildman–Crippen MR) is 70.0 cm³/mol. The molecule has 1 aromatic heterocycles. The van der Waals surface area contributed by atoms with Crippen LogP contribution in [-0.4, -0.2) is 27.0 Å². The zero-order chi connectivity index (χ0) is 13.0. The Bertz CT molecular complexity index is 491. The van der Waals surface area contributed by atoms with E-state index in [0.29, 0.717) is 12.1 Å². The minimum absolute atomic E-state index is 0.00241. The fraction of sp³-hybridized carbons (Fsp3) is 0.286. The van der Waals surface area contributed by atoms with Gasteiger partial charge in [0.1, 0.15) is 0 Å². The summed E-state index contributed by atoms with van der Waals surface area (Å²) in [6.07, 6.45) is 3.19. The summed E-state index contributed by atoms with van der Waals surface area (Å²) in [6, 6.07) is 10.1. The van der Waals surface area contributed by atoms with Crippen LogP contribution in [0.4, 0.5) is 0 Å². The third kappa shape index (κ3) is 2.77. The maximum atomic E-state index is 12.3. The highest BCUT2D eigenvalue weighted by Crippen LogP contribution is 2.12. The van der Waals surface area contributed by atoms with E-state index in [4.69, 9.17) is 0 Å². The number of aromatic amines is 1. The fourth-order valence-electron chi connectivity index (χ4n) is 1.80. The van der Waals surface area contributed by atoms with Crippen molar-refractivity contribution < 1.29 is 4.79 Å². The molecule has 94 valence electrons. The lowest BCUT2D eigenvalue weighted by Gasteiger charge is -2.26. The Kier molecular flexibility index (Phi) is 3.77. The van der Waals surface area contributed by atoms with E-state index in [-0.39, 0.29) is 11.9 Å². The molecule has 0 aliphatic carbocycles. The molecule has 2 aromatic rings. The van der Waals surface area contributed by atoms with E-state index < -0.39 is 0 Å². The van der Waals surface area contributed by atoms with E-state index in [2.05, 4.69) is 10.2 Å². The number of H-pyrrole nitrogens is 1. The summed E-state index contributed by atoms with van der Waals surface area (Å²) in [5, 5.41) is 6.49. The van der Waals surface area contributed by atoms with Gasteiger partial charge in [-0.3, -0.25) is 9.89 Å². The van der Waals surface area contributed by atoms with Crippen molar-refractivity contribution in [1.82, 2.24) is 15.1 Å². The molecule has 1 amide bonds. The molecule has 0 fully saturated rings. The number of benzene rings is 1. The van der Waals surface area contributed by atoms with Gasteiger partial charge in [-0.2, -0.15) is 5.10 Å². The van der Waals surface area contributed by atoms with Gasteiger partial charge in [-0.25, -0.2) is 0 Å². The molecule has 1 heterocycles. The standard InChI is InChI=1S/C14H17N3O/c1-11(2)17(10-12-6-4-3-5-7-12)14(18)13-8-15-16-9-13/h3-9,11H,10H2,1-2H3,(H,15,16). The molecule has 0 unspecified atom stereocenters. The average Bonchev–Trinajstić information content (AvgIpc) is 2.90. The molecule has 4 nitrogen and oxygen atoms in total. The molecule has 0 atom stereocenters. The van der Waals surface area contributed by atoms with E-state index in [1.165, 1.54) is 0 Å². The Morgan fingerprint density at radius 2 is 2.06 bits per heavy atom. The fourth-order valence-corrected chi connectivity index (χ4v) is 1.80. The maximum Gasteiger partial charge on any atom is 0.257 e. The molecule has 0 aliphatic rings. The molecular weight excluding hydrogens is 226 g/mol. The van der Waals surface area contributed by atoms with Crippen LogP contribution >= 0.6 is 0 Å². The first kappa shape index (κ1) is 12.4. The Hall–Kier alpha value is -2.10. The number of hydrogen-bond acceptors (Lipinski definition) is 2. The second-order valence-electron chi connectivity index (χ2n) is 4.50. The Morgan fingerprint density at radius 1 is 1.33 bits per heavy atom. The summed E-state index contributed by atoms with van der Waals surface area (Å²) in [6.45, 7) is 4.64. The second kappa shape index (κ2) is 5.49. The number of aromatic nitrogens is 2. The van der Waals surface area contributed by atoms with Crippen molar-refractivity contribution in [3.05, 3.63) is 53.9 Å². The molecule has 0 bridgehead atoms. The van der Waals surface area contributed by atoms with Gasteiger partial charge in [0.25, 0.3) is 5.91 Å². The van der Waals surface area contributed by atoms with Gasteiger partial charge < -0.3 is 4.90 Å². The summed E-state index contributed by atoms with van der Waals surface area (Å²) in [5.41, 5.74) is 1.72. The second-order valence-corrected chi connectivity index (χ2v) is 4.50. The molecule has 0 saturated carbocycles. The quantitative estimate of drug-likeness (QED) is 0.896. The maximum absolute atomic E-state index is 12.3. The first-order valence-electron chi connectivity index (χ1n) is 6.02. The van der Waals surface area contributed by atoms with Gasteiger partial charge in [0.05, 0.1) is 11.8 Å². The Balaban J connectivity index is 2.17. The smallest absolute Gasteiger partial charge is 0.257 e. The third-order valence-electron chi connectivity index (χ3n) is 2.83. The highest BCUT2D eigenvalue weighted by atomic mass is 16.2. The lowest BCUT2D eigenvalue weighted by Crippen LogP contribution is -2.36. The van der Waals surface area contributed by atoms with Crippen molar-refractivity contribution in [3.8, 4) is 0 Å². The Labute approximate surface area is 107 Å². The van der Waals surface area contributed by atoms with Gasteiger partial charge in [0, 0.05) is 18.8 Å². The van der Waals surface area contributed by atoms with Gasteiger partial charge in [0.15, 0.2) is 0 Å². The van der Waals surface area contributed by atoms with Gasteiger partial charge in [-0.05, 0) is 19.4 Å². The molecule has 4 heteroatoms. The topological polar surface area (TPSA) is 49.0 Å². The first-order valence-corrected chi connectivity index (χ1v) is 6.02. The van der Waals surface area contributed by atoms with Crippen molar-refractivity contribution >= 4 is 5.91 Å². The van der Waals surface area contributed by atoms with Crippen LogP contribution in [0.1, 0.15) is 29.8 Å². The van der Waals surface area contributed by atoms with Crippen LogP contribution in [0.3, 0.4) is 0 Å². The minimum atomic E-state index is 0.00241. The molecule has 2 rings (SSSR count). The minimum Gasteiger partial charge on any atom is -0.332 e. The molecule has 1 aromatic carbocycles. The monoisotopic (exact) mass is 243 g/mol. The third-order valence-corrected chi connectivity index (χ3v) is 2.83. The van der Waals surface area contributed by atoms with E-state index >= 15 is 0 Å². The van der Waals surface area contributed by atoms with Crippen molar-refractivity contribution in [2.75, 3.05) is 0 Å². The van der Waals surface area contributed by atoms with E-state index in [9.17, 15) is 4.79 Å². The SMILES string of the molecule is CC(C)N(Cc1ccccc1)C(=O)c1cn[nH]c1. The zero-order valence-corrected chi connectivity index (χ0v) is 10.6. The predicted octanol–water partition coefficient (Wildman–Crippen LogP) is 2.46. The molecule has 0 spiro atoms. The van der Waals surface area contributed by atoms with Crippen LogP contribution in [-0.2, 0) is 6.54 Å². The number of nitrogens with zero attached hydrogens (tertiary/aromatic N) is 2. The van der Waals surface area contributed by atoms with Crippen LogP contribution in [0.25, 0.3) is 0 Å². The molecule has 18 heavy (non-hydrogen) atoms. The molecular formula is C14H17N3O. The number of nitrogens with one attached hydrogen (secondary N) is 1. The Morgan fingerprint density at radius 3 is 2.61 bits per heavy atom. The van der Waals surface area contributed by atoms with Crippen LogP contribution < -0.4 is 0 Å². The van der Waals surface area contributed by atoms with Crippen molar-refractivity contribution in [2.45, 2.75) is 26.4 Å². The summed E-state index contributed by atoms with van der Waals surface area (Å²) in [5.74, 6) is 0.00241. The van der Waals surface area contributed by atoms with Crippen LogP contribution in [0, 0.1) is 0 Å². The van der Waals surface area contributed by atoms with Crippen molar-refractivity contribution in [2.24, 2.45) is 0 Å². The highest BCUT2D eigenvalue weighted by Gasteiger charge is 2.19. The summed E-state index contributed by atoms with van der Waals surface area (Å²) < 4.78 is 0. The van der Waals surface area contributed by atoms with Crippen molar-refractivity contribution in [3.63, 3.8) is 0 Å². The molecule has 0 saturated heterocycles. The van der Waals surface area contributed by atoms with Gasteiger partial charge in [-0.1, -0.05) is 30.3 Å². The number of amides is 1. The van der Waals surface area contributed by atoms with Crippen molar-refractivity contribution in [1.29, 1.82) is 0 Å². The average molecular weight is 243 g/mol. The summed E-state index contributed by atoms with van der Waals surface area (Å²) in [7, 11) is 0. The first-order chi connectivity index (χ1) is 8.68. The largest absolute Gasteiger partial charge is 0.332 e. The van der Waals surface area contributed by atoms with Gasteiger partial charge >= 0.3 is 0 Å². The lowest BCUT2D eigenvalue weighted by atomic mass is 10.1. The van der Waals surface area contributed by atoms with E-state index in [1.807, 2.05) is 49.1 Å². The van der Waals surface area contributed by atoms with Gasteiger partial charge in [0.2, 0.25) is 0 Å². The van der Waals surface area contributed by atoms with E-state index in [1.54, 1.807) is 12.4 Å². The zero-order valence-electron chi connectivity index (χ0n) is 10.6. The summed E-state index contributed by atoms with van der Waals surface area (Å²) in [4.78, 5) is 14.2. The normalized spacial score (nSPS) is 10.6.